The molecule has 2 rings (SSSR count). The topological polar surface area (TPSA) is 38.0 Å². The van der Waals surface area contributed by atoms with E-state index >= 15 is 0 Å². The van der Waals surface area contributed by atoms with Crippen LogP contribution in [0.4, 0.5) is 0 Å². The third-order valence-corrected chi connectivity index (χ3v) is 5.05. The van der Waals surface area contributed by atoms with Gasteiger partial charge in [-0.1, -0.05) is 33.1 Å². The standard InChI is InChI=1S/C14H28N2/c1-13(7-3-4-8-13)10-16-11-14(2)9-5-6-12(14)15/h12,16H,3-11,15H2,1-2H3. The highest BCUT2D eigenvalue weighted by Crippen LogP contribution is 2.38. The van der Waals surface area contributed by atoms with Crippen molar-refractivity contribution in [1.29, 1.82) is 0 Å². The Bertz CT molecular complexity index is 233. The normalized spacial score (nSPS) is 38.1. The lowest BCUT2D eigenvalue weighted by atomic mass is 9.84. The van der Waals surface area contributed by atoms with E-state index in [1.54, 1.807) is 0 Å². The molecule has 94 valence electrons. The van der Waals surface area contributed by atoms with Crippen LogP contribution in [0.25, 0.3) is 0 Å². The summed E-state index contributed by atoms with van der Waals surface area (Å²) < 4.78 is 0. The molecule has 2 unspecified atom stereocenters. The van der Waals surface area contributed by atoms with Crippen molar-refractivity contribution in [3.8, 4) is 0 Å². The Balaban J connectivity index is 1.75. The molecule has 0 bridgehead atoms. The van der Waals surface area contributed by atoms with Gasteiger partial charge < -0.3 is 11.1 Å². The average molecular weight is 224 g/mol. The highest BCUT2D eigenvalue weighted by molar-refractivity contribution is 4.93. The van der Waals surface area contributed by atoms with E-state index in [1.807, 2.05) is 0 Å². The van der Waals surface area contributed by atoms with E-state index in [9.17, 15) is 0 Å². The van der Waals surface area contributed by atoms with Crippen LogP contribution in [0, 0.1) is 10.8 Å². The maximum Gasteiger partial charge on any atom is 0.0105 e. The second kappa shape index (κ2) is 4.66. The molecule has 2 nitrogen and oxygen atoms in total. The predicted octanol–water partition coefficient (Wildman–Crippen LogP) is 2.67. The lowest BCUT2D eigenvalue weighted by molar-refractivity contribution is 0.243. The van der Waals surface area contributed by atoms with Crippen molar-refractivity contribution < 1.29 is 0 Å². The maximum absolute atomic E-state index is 6.20. The molecule has 2 fully saturated rings. The van der Waals surface area contributed by atoms with Gasteiger partial charge in [-0.2, -0.15) is 0 Å². The summed E-state index contributed by atoms with van der Waals surface area (Å²) >= 11 is 0. The van der Waals surface area contributed by atoms with E-state index in [1.165, 1.54) is 51.5 Å². The molecular weight excluding hydrogens is 196 g/mol. The maximum atomic E-state index is 6.20. The zero-order valence-electron chi connectivity index (χ0n) is 11.0. The molecule has 0 radical (unpaired) electrons. The minimum atomic E-state index is 0.356. The van der Waals surface area contributed by atoms with E-state index in [0.29, 0.717) is 16.9 Å². The highest BCUT2D eigenvalue weighted by atomic mass is 14.9. The first-order valence-electron chi connectivity index (χ1n) is 7.01. The molecule has 3 N–H and O–H groups in total. The first-order chi connectivity index (χ1) is 7.54. The van der Waals surface area contributed by atoms with Crippen molar-refractivity contribution in [3.05, 3.63) is 0 Å². The van der Waals surface area contributed by atoms with Crippen molar-refractivity contribution in [2.24, 2.45) is 16.6 Å². The molecule has 2 aliphatic carbocycles. The molecule has 16 heavy (non-hydrogen) atoms. The molecule has 0 aromatic heterocycles. The van der Waals surface area contributed by atoms with Crippen LogP contribution in [0.5, 0.6) is 0 Å². The zero-order valence-corrected chi connectivity index (χ0v) is 11.0. The molecule has 0 aliphatic heterocycles. The fourth-order valence-electron chi connectivity index (χ4n) is 3.53. The molecule has 0 heterocycles. The highest BCUT2D eigenvalue weighted by Gasteiger charge is 2.36. The van der Waals surface area contributed by atoms with Gasteiger partial charge in [0.1, 0.15) is 0 Å². The fourth-order valence-corrected chi connectivity index (χ4v) is 3.53. The molecule has 0 spiro atoms. The van der Waals surface area contributed by atoms with Crippen molar-refractivity contribution in [3.63, 3.8) is 0 Å². The Morgan fingerprint density at radius 3 is 2.31 bits per heavy atom. The van der Waals surface area contributed by atoms with E-state index in [2.05, 4.69) is 19.2 Å². The molecular formula is C14H28N2. The lowest BCUT2D eigenvalue weighted by Crippen LogP contribution is -2.44. The van der Waals surface area contributed by atoms with Gasteiger partial charge >= 0.3 is 0 Å². The van der Waals surface area contributed by atoms with Crippen LogP contribution < -0.4 is 11.1 Å². The molecule has 0 aromatic carbocycles. The Hall–Kier alpha value is -0.0800. The van der Waals surface area contributed by atoms with Gasteiger partial charge in [-0.05, 0) is 36.5 Å². The van der Waals surface area contributed by atoms with Crippen LogP contribution in [-0.4, -0.2) is 19.1 Å². The second-order valence-corrected chi connectivity index (χ2v) is 6.77. The Morgan fingerprint density at radius 2 is 1.75 bits per heavy atom. The third kappa shape index (κ3) is 2.60. The van der Waals surface area contributed by atoms with Gasteiger partial charge in [0, 0.05) is 19.1 Å². The second-order valence-electron chi connectivity index (χ2n) is 6.77. The minimum Gasteiger partial charge on any atom is -0.327 e. The molecule has 2 saturated carbocycles. The summed E-state index contributed by atoms with van der Waals surface area (Å²) in [5.41, 5.74) is 7.13. The van der Waals surface area contributed by atoms with Crippen LogP contribution in [-0.2, 0) is 0 Å². The number of rotatable bonds is 4. The van der Waals surface area contributed by atoms with Crippen molar-refractivity contribution in [1.82, 2.24) is 5.32 Å². The SMILES string of the molecule is CC1(CNCC2(C)CCCC2N)CCCC1. The van der Waals surface area contributed by atoms with Crippen LogP contribution in [0.2, 0.25) is 0 Å². The van der Waals surface area contributed by atoms with Gasteiger partial charge in [-0.15, -0.1) is 0 Å². The smallest absolute Gasteiger partial charge is 0.0105 e. The lowest BCUT2D eigenvalue weighted by Gasteiger charge is -2.32. The van der Waals surface area contributed by atoms with Crippen molar-refractivity contribution in [2.45, 2.75) is 64.8 Å². The monoisotopic (exact) mass is 224 g/mol. The van der Waals surface area contributed by atoms with Gasteiger partial charge in [0.05, 0.1) is 0 Å². The zero-order chi connectivity index (χ0) is 11.6. The summed E-state index contributed by atoms with van der Waals surface area (Å²) in [6.45, 7) is 7.09. The molecule has 2 atom stereocenters. The third-order valence-electron chi connectivity index (χ3n) is 5.05. The molecule has 0 aromatic rings. The molecule has 0 saturated heterocycles. The van der Waals surface area contributed by atoms with E-state index in [4.69, 9.17) is 5.73 Å². The van der Waals surface area contributed by atoms with Gasteiger partial charge in [0.15, 0.2) is 0 Å². The van der Waals surface area contributed by atoms with Crippen molar-refractivity contribution in [2.75, 3.05) is 13.1 Å². The summed E-state index contributed by atoms with van der Waals surface area (Å²) in [4.78, 5) is 0. The summed E-state index contributed by atoms with van der Waals surface area (Å²) in [5.74, 6) is 0. The van der Waals surface area contributed by atoms with Crippen molar-refractivity contribution >= 4 is 0 Å². The fraction of sp³-hybridized carbons (Fsp3) is 1.00. The first kappa shape index (κ1) is 12.4. The molecule has 0 amide bonds. The quantitative estimate of drug-likeness (QED) is 0.770. The Kier molecular flexibility index (Phi) is 3.60. The molecule has 2 aliphatic rings. The number of hydrogen-bond donors (Lipinski definition) is 2. The minimum absolute atomic E-state index is 0.356. The molecule has 2 heteroatoms. The van der Waals surface area contributed by atoms with Gasteiger partial charge in [-0.3, -0.25) is 0 Å². The summed E-state index contributed by atoms with van der Waals surface area (Å²) in [6, 6.07) is 0.413. The van der Waals surface area contributed by atoms with E-state index in [0.717, 1.165) is 6.54 Å². The number of hydrogen-bond acceptors (Lipinski definition) is 2. The van der Waals surface area contributed by atoms with Gasteiger partial charge in [0.2, 0.25) is 0 Å². The number of nitrogens with one attached hydrogen (secondary N) is 1. The largest absolute Gasteiger partial charge is 0.327 e. The average Bonchev–Trinajstić information content (AvgIpc) is 2.77. The van der Waals surface area contributed by atoms with Crippen LogP contribution in [0.15, 0.2) is 0 Å². The Morgan fingerprint density at radius 1 is 1.06 bits per heavy atom. The number of nitrogens with two attached hydrogens (primary N) is 1. The summed E-state index contributed by atoms with van der Waals surface area (Å²) in [7, 11) is 0. The Labute approximate surface area is 100 Å². The van der Waals surface area contributed by atoms with Crippen LogP contribution in [0.3, 0.4) is 0 Å². The van der Waals surface area contributed by atoms with Crippen LogP contribution >= 0.6 is 0 Å². The van der Waals surface area contributed by atoms with Gasteiger partial charge in [-0.25, -0.2) is 0 Å². The van der Waals surface area contributed by atoms with Crippen LogP contribution in [0.1, 0.15) is 58.8 Å². The summed E-state index contributed by atoms with van der Waals surface area (Å²) in [6.07, 6.45) is 9.50. The summed E-state index contributed by atoms with van der Waals surface area (Å²) in [5, 5.41) is 3.70. The van der Waals surface area contributed by atoms with E-state index < -0.39 is 0 Å². The first-order valence-corrected chi connectivity index (χ1v) is 7.01. The predicted molar refractivity (Wildman–Crippen MR) is 69.4 cm³/mol. The van der Waals surface area contributed by atoms with E-state index in [-0.39, 0.29) is 0 Å². The van der Waals surface area contributed by atoms with Gasteiger partial charge in [0.25, 0.3) is 0 Å².